The highest BCUT2D eigenvalue weighted by atomic mass is 16.2. The van der Waals surface area contributed by atoms with Crippen LogP contribution in [0.2, 0.25) is 0 Å². The summed E-state index contributed by atoms with van der Waals surface area (Å²) in [4.78, 5) is 15.9. The van der Waals surface area contributed by atoms with Gasteiger partial charge < -0.3 is 9.80 Å². The normalized spacial score (nSPS) is 33.1. The number of nitrogens with zero attached hydrogens (tertiary/aromatic N) is 2. The van der Waals surface area contributed by atoms with E-state index in [0.717, 1.165) is 31.5 Å². The Kier molecular flexibility index (Phi) is 2.77. The molecule has 3 nitrogen and oxygen atoms in total. The van der Waals surface area contributed by atoms with E-state index in [0.29, 0.717) is 0 Å². The maximum atomic E-state index is 11.3. The fraction of sp³-hybridized carbons (Fsp3) is 0.909. The second kappa shape index (κ2) is 3.89. The van der Waals surface area contributed by atoms with Crippen LogP contribution in [-0.4, -0.2) is 48.4 Å². The van der Waals surface area contributed by atoms with Crippen molar-refractivity contribution in [2.45, 2.75) is 20.3 Å². The molecule has 1 amide bonds. The Morgan fingerprint density at radius 2 is 1.79 bits per heavy atom. The molecule has 0 aliphatic carbocycles. The summed E-state index contributed by atoms with van der Waals surface area (Å²) in [6.45, 7) is 9.44. The Bertz CT molecular complexity index is 215. The van der Waals surface area contributed by atoms with Gasteiger partial charge in [-0.2, -0.15) is 0 Å². The lowest BCUT2D eigenvalue weighted by atomic mass is 9.84. The van der Waals surface area contributed by atoms with E-state index in [-0.39, 0.29) is 5.91 Å². The Morgan fingerprint density at radius 3 is 2.21 bits per heavy atom. The van der Waals surface area contributed by atoms with E-state index in [2.05, 4.69) is 11.8 Å². The molecule has 3 heteroatoms. The summed E-state index contributed by atoms with van der Waals surface area (Å²) in [6.07, 6.45) is 1.33. The summed E-state index contributed by atoms with van der Waals surface area (Å²) in [7, 11) is 0. The van der Waals surface area contributed by atoms with Crippen LogP contribution in [0, 0.1) is 11.8 Å². The van der Waals surface area contributed by atoms with Crippen LogP contribution in [0.4, 0.5) is 0 Å². The minimum absolute atomic E-state index is 0.254. The fourth-order valence-electron chi connectivity index (χ4n) is 2.90. The van der Waals surface area contributed by atoms with E-state index in [1.54, 1.807) is 6.92 Å². The van der Waals surface area contributed by atoms with E-state index in [1.165, 1.54) is 19.5 Å². The molecule has 2 fully saturated rings. The molecule has 2 saturated heterocycles. The molecule has 0 aromatic rings. The van der Waals surface area contributed by atoms with Gasteiger partial charge in [-0.15, -0.1) is 0 Å². The van der Waals surface area contributed by atoms with Crippen LogP contribution in [0.1, 0.15) is 20.3 Å². The quantitative estimate of drug-likeness (QED) is 0.619. The van der Waals surface area contributed by atoms with Crippen LogP contribution in [0.5, 0.6) is 0 Å². The van der Waals surface area contributed by atoms with Gasteiger partial charge in [-0.3, -0.25) is 4.79 Å². The maximum Gasteiger partial charge on any atom is 0.219 e. The van der Waals surface area contributed by atoms with Gasteiger partial charge in [0, 0.05) is 33.1 Å². The number of hydrogen-bond acceptors (Lipinski definition) is 2. The summed E-state index contributed by atoms with van der Waals surface area (Å²) in [5.74, 6) is 1.71. The number of hydrogen-bond donors (Lipinski definition) is 0. The van der Waals surface area contributed by atoms with Crippen molar-refractivity contribution in [1.29, 1.82) is 0 Å². The van der Waals surface area contributed by atoms with Crippen molar-refractivity contribution in [3.63, 3.8) is 0 Å². The number of amides is 1. The van der Waals surface area contributed by atoms with E-state index in [9.17, 15) is 4.79 Å². The first-order valence-corrected chi connectivity index (χ1v) is 5.67. The molecule has 2 aliphatic rings. The predicted octanol–water partition coefficient (Wildman–Crippen LogP) is 0.806. The van der Waals surface area contributed by atoms with Gasteiger partial charge in [0.25, 0.3) is 0 Å². The van der Waals surface area contributed by atoms with Crippen molar-refractivity contribution >= 4 is 5.91 Å². The highest BCUT2D eigenvalue weighted by Crippen LogP contribution is 2.28. The van der Waals surface area contributed by atoms with Crippen LogP contribution in [-0.2, 0) is 4.79 Å². The van der Waals surface area contributed by atoms with Gasteiger partial charge in [0.15, 0.2) is 0 Å². The lowest BCUT2D eigenvalue weighted by Crippen LogP contribution is -2.53. The summed E-state index contributed by atoms with van der Waals surface area (Å²) in [5.41, 5.74) is 0. The molecule has 0 aromatic heterocycles. The molecule has 2 bridgehead atoms. The van der Waals surface area contributed by atoms with E-state index in [4.69, 9.17) is 0 Å². The van der Waals surface area contributed by atoms with Crippen LogP contribution in [0.3, 0.4) is 0 Å². The molecule has 0 spiro atoms. The average Bonchev–Trinajstić information content (AvgIpc) is 2.16. The summed E-state index contributed by atoms with van der Waals surface area (Å²) in [5, 5.41) is 0. The third-order valence-electron chi connectivity index (χ3n) is 3.55. The van der Waals surface area contributed by atoms with Gasteiger partial charge in [-0.25, -0.2) is 0 Å². The SMILES string of the molecule is CCN1C[C@H]2C[C@@H](C1)CN(C(C)=O)C2. The summed E-state index contributed by atoms with van der Waals surface area (Å²) >= 11 is 0. The molecule has 80 valence electrons. The molecule has 2 heterocycles. The first-order valence-electron chi connectivity index (χ1n) is 5.67. The number of carbonyl (C=O) groups excluding carboxylic acids is 1. The largest absolute Gasteiger partial charge is 0.342 e. The van der Waals surface area contributed by atoms with E-state index in [1.807, 2.05) is 4.90 Å². The van der Waals surface area contributed by atoms with Gasteiger partial charge >= 0.3 is 0 Å². The minimum Gasteiger partial charge on any atom is -0.342 e. The van der Waals surface area contributed by atoms with Gasteiger partial charge in [-0.1, -0.05) is 6.92 Å². The second-order valence-electron chi connectivity index (χ2n) is 4.74. The molecule has 0 unspecified atom stereocenters. The Balaban J connectivity index is 1.98. The van der Waals surface area contributed by atoms with Crippen molar-refractivity contribution in [1.82, 2.24) is 9.80 Å². The maximum absolute atomic E-state index is 11.3. The first-order chi connectivity index (χ1) is 6.69. The van der Waals surface area contributed by atoms with Gasteiger partial charge in [-0.05, 0) is 24.8 Å². The average molecular weight is 196 g/mol. The molecular formula is C11H20N2O. The molecule has 0 aromatic carbocycles. The van der Waals surface area contributed by atoms with Crippen molar-refractivity contribution in [3.05, 3.63) is 0 Å². The molecule has 2 rings (SSSR count). The summed E-state index contributed by atoms with van der Waals surface area (Å²) in [6, 6.07) is 0. The predicted molar refractivity (Wildman–Crippen MR) is 56.0 cm³/mol. The first kappa shape index (κ1) is 9.97. The van der Waals surface area contributed by atoms with Gasteiger partial charge in [0.2, 0.25) is 5.91 Å². The molecule has 0 radical (unpaired) electrons. The standard InChI is InChI=1S/C11H20N2O/c1-3-12-5-10-4-11(6-12)8-13(7-10)9(2)14/h10-11H,3-8H2,1-2H3/t10-,11+. The van der Waals surface area contributed by atoms with E-state index < -0.39 is 0 Å². The Hall–Kier alpha value is -0.570. The van der Waals surface area contributed by atoms with Crippen LogP contribution >= 0.6 is 0 Å². The van der Waals surface area contributed by atoms with Crippen molar-refractivity contribution in [3.8, 4) is 0 Å². The zero-order valence-electron chi connectivity index (χ0n) is 9.20. The molecular weight excluding hydrogens is 176 g/mol. The lowest BCUT2D eigenvalue weighted by Gasteiger charge is -2.45. The topological polar surface area (TPSA) is 23.6 Å². The number of piperidine rings is 2. The molecule has 0 N–H and O–H groups in total. The van der Waals surface area contributed by atoms with Gasteiger partial charge in [0.05, 0.1) is 0 Å². The third-order valence-corrected chi connectivity index (χ3v) is 3.55. The van der Waals surface area contributed by atoms with Crippen LogP contribution in [0.15, 0.2) is 0 Å². The Morgan fingerprint density at radius 1 is 1.21 bits per heavy atom. The second-order valence-corrected chi connectivity index (χ2v) is 4.74. The van der Waals surface area contributed by atoms with Crippen molar-refractivity contribution < 1.29 is 4.79 Å². The third kappa shape index (κ3) is 1.92. The zero-order valence-corrected chi connectivity index (χ0v) is 9.20. The monoisotopic (exact) mass is 196 g/mol. The van der Waals surface area contributed by atoms with E-state index >= 15 is 0 Å². The zero-order chi connectivity index (χ0) is 10.1. The number of rotatable bonds is 1. The molecule has 2 aliphatic heterocycles. The molecule has 2 atom stereocenters. The highest BCUT2D eigenvalue weighted by molar-refractivity contribution is 5.73. The van der Waals surface area contributed by atoms with Gasteiger partial charge in [0.1, 0.15) is 0 Å². The number of fused-ring (bicyclic) bond motifs is 2. The minimum atomic E-state index is 0.254. The smallest absolute Gasteiger partial charge is 0.219 e. The lowest BCUT2D eigenvalue weighted by molar-refractivity contribution is -0.133. The number of likely N-dealkylation sites (tertiary alicyclic amines) is 2. The van der Waals surface area contributed by atoms with Crippen LogP contribution in [0.25, 0.3) is 0 Å². The number of carbonyl (C=O) groups is 1. The fourth-order valence-corrected chi connectivity index (χ4v) is 2.90. The molecule has 0 saturated carbocycles. The Labute approximate surface area is 86.1 Å². The highest BCUT2D eigenvalue weighted by Gasteiger charge is 2.34. The van der Waals surface area contributed by atoms with Crippen LogP contribution < -0.4 is 0 Å². The molecule has 14 heavy (non-hydrogen) atoms. The summed E-state index contributed by atoms with van der Waals surface area (Å²) < 4.78 is 0. The van der Waals surface area contributed by atoms with Crippen molar-refractivity contribution in [2.24, 2.45) is 11.8 Å². The van der Waals surface area contributed by atoms with Crippen molar-refractivity contribution in [2.75, 3.05) is 32.7 Å².